The maximum atomic E-state index is 12.8. The molecule has 2 aromatic carbocycles. The van der Waals surface area contributed by atoms with Crippen molar-refractivity contribution >= 4 is 35.1 Å². The molecule has 2 amide bonds. The van der Waals surface area contributed by atoms with Gasteiger partial charge in [-0.25, -0.2) is 4.79 Å². The van der Waals surface area contributed by atoms with E-state index in [9.17, 15) is 14.4 Å². The van der Waals surface area contributed by atoms with E-state index in [4.69, 9.17) is 16.3 Å². The molecule has 8 heteroatoms. The maximum absolute atomic E-state index is 12.8. The van der Waals surface area contributed by atoms with Crippen molar-refractivity contribution in [1.82, 2.24) is 9.80 Å². The molecule has 0 saturated carbocycles. The van der Waals surface area contributed by atoms with Gasteiger partial charge in [-0.3, -0.25) is 14.5 Å². The van der Waals surface area contributed by atoms with Crippen LogP contribution in [0.2, 0.25) is 5.02 Å². The first kappa shape index (κ1) is 23.3. The van der Waals surface area contributed by atoms with Crippen LogP contribution < -0.4 is 5.32 Å². The number of carbonyl (C=O) groups is 3. The molecule has 2 heterocycles. The van der Waals surface area contributed by atoms with E-state index in [1.807, 2.05) is 52.3 Å². The van der Waals surface area contributed by atoms with E-state index in [2.05, 4.69) is 5.32 Å². The van der Waals surface area contributed by atoms with Crippen molar-refractivity contribution in [3.8, 4) is 0 Å². The summed E-state index contributed by atoms with van der Waals surface area (Å²) in [4.78, 5) is 41.6. The van der Waals surface area contributed by atoms with Crippen molar-refractivity contribution in [2.75, 3.05) is 38.6 Å². The van der Waals surface area contributed by atoms with Crippen molar-refractivity contribution in [2.45, 2.75) is 25.3 Å². The Kier molecular flexibility index (Phi) is 7.30. The van der Waals surface area contributed by atoms with E-state index < -0.39 is 6.04 Å². The van der Waals surface area contributed by atoms with Gasteiger partial charge in [0.2, 0.25) is 11.8 Å². The molecule has 1 fully saturated rings. The lowest BCUT2D eigenvalue weighted by atomic mass is 9.89. The number of benzene rings is 2. The normalized spacial score (nSPS) is 19.4. The molecule has 0 spiro atoms. The maximum Gasteiger partial charge on any atom is 0.327 e. The van der Waals surface area contributed by atoms with Crippen molar-refractivity contribution in [1.29, 1.82) is 0 Å². The Hall–Kier alpha value is -2.90. The Morgan fingerprint density at radius 2 is 1.79 bits per heavy atom. The highest BCUT2D eigenvalue weighted by molar-refractivity contribution is 6.31. The number of halogens is 1. The summed E-state index contributed by atoms with van der Waals surface area (Å²) in [5.41, 5.74) is 2.67. The molecule has 1 saturated heterocycles. The average Bonchev–Trinajstić information content (AvgIpc) is 2.84. The molecule has 0 aliphatic carbocycles. The van der Waals surface area contributed by atoms with Gasteiger partial charge in [-0.1, -0.05) is 48.0 Å². The first-order valence-corrected chi connectivity index (χ1v) is 11.6. The van der Waals surface area contributed by atoms with Crippen LogP contribution in [0.4, 0.5) is 5.69 Å². The molecule has 174 valence electrons. The van der Waals surface area contributed by atoms with E-state index >= 15 is 0 Å². The summed E-state index contributed by atoms with van der Waals surface area (Å²) in [7, 11) is 1.37. The number of fused-ring (bicyclic) bond motifs is 1. The predicted octanol–water partition coefficient (Wildman–Crippen LogP) is 3.29. The van der Waals surface area contributed by atoms with Gasteiger partial charge in [0.25, 0.3) is 0 Å². The predicted molar refractivity (Wildman–Crippen MR) is 126 cm³/mol. The van der Waals surface area contributed by atoms with Crippen molar-refractivity contribution in [3.05, 3.63) is 64.7 Å². The van der Waals surface area contributed by atoms with E-state index in [1.165, 1.54) is 7.11 Å². The quantitative estimate of drug-likeness (QED) is 0.657. The number of hydrogen-bond donors (Lipinski definition) is 1. The number of ether oxygens (including phenoxy) is 1. The van der Waals surface area contributed by atoms with Gasteiger partial charge in [0, 0.05) is 49.2 Å². The highest BCUT2D eigenvalue weighted by Gasteiger charge is 2.34. The van der Waals surface area contributed by atoms with E-state index in [0.717, 1.165) is 11.3 Å². The van der Waals surface area contributed by atoms with Crippen LogP contribution in [0, 0.1) is 5.92 Å². The summed E-state index contributed by atoms with van der Waals surface area (Å²) < 4.78 is 5.03. The Labute approximate surface area is 198 Å². The Balaban J connectivity index is 1.33. The average molecular weight is 470 g/mol. The molecule has 2 aliphatic heterocycles. The second-order valence-electron chi connectivity index (χ2n) is 8.45. The van der Waals surface area contributed by atoms with Gasteiger partial charge in [0.15, 0.2) is 0 Å². The molecular formula is C25H28ClN3O4. The fourth-order valence-corrected chi connectivity index (χ4v) is 4.85. The summed E-state index contributed by atoms with van der Waals surface area (Å²) in [5, 5.41) is 3.46. The lowest BCUT2D eigenvalue weighted by Crippen LogP contribution is -2.51. The summed E-state index contributed by atoms with van der Waals surface area (Å²) in [5.74, 6) is -0.554. The van der Waals surface area contributed by atoms with E-state index in [0.29, 0.717) is 56.0 Å². The number of carbonyl (C=O) groups excluding carboxylic acids is 3. The topological polar surface area (TPSA) is 79.0 Å². The van der Waals surface area contributed by atoms with Gasteiger partial charge in [-0.2, -0.15) is 0 Å². The van der Waals surface area contributed by atoms with Gasteiger partial charge in [0.1, 0.15) is 6.04 Å². The molecule has 2 unspecified atom stereocenters. The van der Waals surface area contributed by atoms with Gasteiger partial charge < -0.3 is 15.0 Å². The fourth-order valence-electron chi connectivity index (χ4n) is 4.61. The second kappa shape index (κ2) is 10.4. The molecule has 7 nitrogen and oxygen atoms in total. The van der Waals surface area contributed by atoms with Gasteiger partial charge in [-0.05, 0) is 36.1 Å². The number of nitrogens with one attached hydrogen (secondary N) is 1. The highest BCUT2D eigenvalue weighted by Crippen LogP contribution is 2.30. The molecule has 0 radical (unpaired) electrons. The molecule has 0 bridgehead atoms. The van der Waals surface area contributed by atoms with Crippen LogP contribution in [0.1, 0.15) is 30.0 Å². The number of hydrogen-bond acceptors (Lipinski definition) is 5. The van der Waals surface area contributed by atoms with Crippen molar-refractivity contribution in [2.24, 2.45) is 5.92 Å². The Bertz CT molecular complexity index is 1040. The number of methoxy groups -OCH3 is 1. The minimum atomic E-state index is -0.605. The van der Waals surface area contributed by atoms with Crippen LogP contribution in [-0.4, -0.2) is 60.9 Å². The van der Waals surface area contributed by atoms with Crippen molar-refractivity contribution < 1.29 is 19.1 Å². The zero-order chi connectivity index (χ0) is 23.4. The van der Waals surface area contributed by atoms with Crippen LogP contribution >= 0.6 is 11.6 Å². The molecular weight excluding hydrogens is 442 g/mol. The van der Waals surface area contributed by atoms with Gasteiger partial charge in [-0.15, -0.1) is 0 Å². The number of esters is 1. The summed E-state index contributed by atoms with van der Waals surface area (Å²) in [6, 6.07) is 14.4. The molecule has 2 aromatic rings. The SMILES string of the molecule is COC(=O)C(c1ccccc1Cl)N1CCN(C(=O)CCC2Cc3ccccc3NC2=O)CC1. The van der Waals surface area contributed by atoms with Gasteiger partial charge >= 0.3 is 5.97 Å². The third-order valence-corrected chi connectivity index (χ3v) is 6.82. The van der Waals surface area contributed by atoms with Crippen LogP contribution in [0.5, 0.6) is 0 Å². The number of piperazine rings is 1. The zero-order valence-corrected chi connectivity index (χ0v) is 19.4. The lowest BCUT2D eigenvalue weighted by molar-refractivity contribution is -0.148. The smallest absolute Gasteiger partial charge is 0.327 e. The summed E-state index contributed by atoms with van der Waals surface area (Å²) in [6.07, 6.45) is 1.50. The summed E-state index contributed by atoms with van der Waals surface area (Å²) in [6.45, 7) is 2.09. The van der Waals surface area contributed by atoms with Crippen LogP contribution in [0.15, 0.2) is 48.5 Å². The largest absolute Gasteiger partial charge is 0.468 e. The number of nitrogens with zero attached hydrogens (tertiary/aromatic N) is 2. The first-order valence-electron chi connectivity index (χ1n) is 11.2. The van der Waals surface area contributed by atoms with E-state index in [1.54, 1.807) is 6.07 Å². The number of anilines is 1. The Morgan fingerprint density at radius 3 is 2.52 bits per heavy atom. The van der Waals surface area contributed by atoms with Gasteiger partial charge in [0.05, 0.1) is 7.11 Å². The lowest BCUT2D eigenvalue weighted by Gasteiger charge is -2.38. The molecule has 0 aromatic heterocycles. The third kappa shape index (κ3) is 5.20. The minimum absolute atomic E-state index is 0.0213. The highest BCUT2D eigenvalue weighted by atomic mass is 35.5. The molecule has 1 N–H and O–H groups in total. The first-order chi connectivity index (χ1) is 16.0. The number of amides is 2. The van der Waals surface area contributed by atoms with Crippen LogP contribution in [0.3, 0.4) is 0 Å². The molecule has 2 aliphatic rings. The second-order valence-corrected chi connectivity index (χ2v) is 8.86. The standard InChI is InChI=1S/C25H28ClN3O4/c1-33-25(32)23(19-7-3-4-8-20(19)26)29-14-12-28(13-15-29)22(30)11-10-18-16-17-6-2-5-9-21(17)27-24(18)31/h2-9,18,23H,10-16H2,1H3,(H,27,31). The fraction of sp³-hybridized carbons (Fsp3) is 0.400. The summed E-state index contributed by atoms with van der Waals surface area (Å²) >= 11 is 6.35. The number of para-hydroxylation sites is 1. The molecule has 4 rings (SSSR count). The third-order valence-electron chi connectivity index (χ3n) is 6.48. The molecule has 2 atom stereocenters. The zero-order valence-electron chi connectivity index (χ0n) is 18.6. The van der Waals surface area contributed by atoms with Crippen molar-refractivity contribution in [3.63, 3.8) is 0 Å². The van der Waals surface area contributed by atoms with Crippen LogP contribution in [-0.2, 0) is 25.5 Å². The molecule has 33 heavy (non-hydrogen) atoms. The minimum Gasteiger partial charge on any atom is -0.468 e. The monoisotopic (exact) mass is 469 g/mol. The van der Waals surface area contributed by atoms with E-state index in [-0.39, 0.29) is 23.7 Å². The van der Waals surface area contributed by atoms with Crippen LogP contribution in [0.25, 0.3) is 0 Å². The number of rotatable bonds is 6. The Morgan fingerprint density at radius 1 is 1.09 bits per heavy atom.